The molecule has 63 heavy (non-hydrogen) atoms. The average Bonchev–Trinajstić information content (AvgIpc) is 3.28. The fourth-order valence-electron chi connectivity index (χ4n) is 7.98. The van der Waals surface area contributed by atoms with Gasteiger partial charge >= 0.3 is 11.9 Å². The Morgan fingerprint density at radius 2 is 0.619 bits per heavy atom. The van der Waals surface area contributed by atoms with Crippen LogP contribution in [-0.4, -0.2) is 31.3 Å². The van der Waals surface area contributed by atoms with E-state index in [0.717, 1.165) is 70.6 Å². The van der Waals surface area contributed by atoms with Gasteiger partial charge in [-0.25, -0.2) is 0 Å². The highest BCUT2D eigenvalue weighted by atomic mass is 16.6. The Kier molecular flexibility index (Phi) is 50.4. The van der Waals surface area contributed by atoms with Crippen LogP contribution in [0.5, 0.6) is 0 Å². The lowest BCUT2D eigenvalue weighted by atomic mass is 10.1. The highest BCUT2D eigenvalue weighted by molar-refractivity contribution is 5.70. The lowest BCUT2D eigenvalue weighted by Crippen LogP contribution is -2.29. The van der Waals surface area contributed by atoms with Crippen molar-refractivity contribution in [1.29, 1.82) is 0 Å². The van der Waals surface area contributed by atoms with Gasteiger partial charge in [0.25, 0.3) is 0 Å². The zero-order chi connectivity index (χ0) is 45.8. The molecule has 0 aliphatic carbocycles. The molecule has 0 amide bonds. The molecular formula is C58H106O5. The Bertz CT molecular complexity index is 1000. The SMILES string of the molecule is C=C(CCCCCCC/C=C\CCCCCCCC)OCC(COC(=O)CCCCCCC/C=C\CCCCCCCC)OC(=O)CCCCCCC/C=C\CCCCCCCC. The predicted molar refractivity (Wildman–Crippen MR) is 274 cm³/mol. The maximum Gasteiger partial charge on any atom is 0.306 e. The van der Waals surface area contributed by atoms with E-state index in [0.29, 0.717) is 18.6 Å². The maximum atomic E-state index is 12.9. The van der Waals surface area contributed by atoms with Gasteiger partial charge in [0.2, 0.25) is 0 Å². The van der Waals surface area contributed by atoms with Crippen LogP contribution in [0.3, 0.4) is 0 Å². The first-order valence-electron chi connectivity index (χ1n) is 27.6. The molecule has 0 aromatic rings. The van der Waals surface area contributed by atoms with Crippen LogP contribution in [0.15, 0.2) is 48.8 Å². The second-order valence-electron chi connectivity index (χ2n) is 18.6. The summed E-state index contributed by atoms with van der Waals surface area (Å²) >= 11 is 0. The summed E-state index contributed by atoms with van der Waals surface area (Å²) in [6.45, 7) is 11.2. The topological polar surface area (TPSA) is 61.8 Å². The van der Waals surface area contributed by atoms with Crippen molar-refractivity contribution in [1.82, 2.24) is 0 Å². The van der Waals surface area contributed by atoms with Crippen molar-refractivity contribution in [3.63, 3.8) is 0 Å². The number of allylic oxidation sites excluding steroid dienone is 7. The molecule has 0 rings (SSSR count). The molecule has 0 aromatic carbocycles. The molecule has 5 heteroatoms. The summed E-state index contributed by atoms with van der Waals surface area (Å²) in [7, 11) is 0. The van der Waals surface area contributed by atoms with Gasteiger partial charge in [-0.15, -0.1) is 0 Å². The maximum absolute atomic E-state index is 12.9. The number of ether oxygens (including phenoxy) is 3. The standard InChI is InChI=1S/C58H106O5/c1-5-8-11-14-17-20-23-26-29-32-35-38-41-44-47-50-55(4)61-53-56(63-58(60)52-49-46-43-40-37-34-31-28-25-22-19-16-13-10-7-3)54-62-57(59)51-48-45-42-39-36-33-30-27-24-21-18-15-12-9-6-2/h26-31,56H,4-25,32-54H2,1-3H3/b29-26-,30-27-,31-28-. The summed E-state index contributed by atoms with van der Waals surface area (Å²) in [5.41, 5.74) is 0. The highest BCUT2D eigenvalue weighted by Gasteiger charge is 2.18. The van der Waals surface area contributed by atoms with Crippen molar-refractivity contribution in [2.45, 2.75) is 297 Å². The van der Waals surface area contributed by atoms with Crippen LogP contribution in [0.4, 0.5) is 0 Å². The number of hydrogen-bond donors (Lipinski definition) is 0. The molecule has 0 N–H and O–H groups in total. The molecule has 0 aliphatic heterocycles. The van der Waals surface area contributed by atoms with Crippen LogP contribution in [0.2, 0.25) is 0 Å². The molecule has 368 valence electrons. The number of esters is 2. The summed E-state index contributed by atoms with van der Waals surface area (Å²) in [6, 6.07) is 0. The fourth-order valence-corrected chi connectivity index (χ4v) is 7.98. The average molecular weight is 883 g/mol. The van der Waals surface area contributed by atoms with Crippen molar-refractivity contribution in [2.24, 2.45) is 0 Å². The Morgan fingerprint density at radius 3 is 0.968 bits per heavy atom. The van der Waals surface area contributed by atoms with Gasteiger partial charge in [0.05, 0.1) is 5.76 Å². The van der Waals surface area contributed by atoms with Gasteiger partial charge in [-0.1, -0.05) is 218 Å². The van der Waals surface area contributed by atoms with Crippen LogP contribution in [0, 0.1) is 0 Å². The zero-order valence-electron chi connectivity index (χ0n) is 42.4. The van der Waals surface area contributed by atoms with Crippen molar-refractivity contribution < 1.29 is 23.8 Å². The molecule has 0 aromatic heterocycles. The summed E-state index contributed by atoms with van der Waals surface area (Å²) in [4.78, 5) is 25.5. The molecule has 0 bridgehead atoms. The molecule has 0 radical (unpaired) electrons. The van der Waals surface area contributed by atoms with E-state index in [4.69, 9.17) is 14.2 Å². The lowest BCUT2D eigenvalue weighted by Gasteiger charge is -2.19. The largest absolute Gasteiger partial charge is 0.495 e. The van der Waals surface area contributed by atoms with E-state index in [2.05, 4.69) is 63.8 Å². The van der Waals surface area contributed by atoms with E-state index in [-0.39, 0.29) is 25.2 Å². The molecule has 0 saturated heterocycles. The molecule has 1 atom stereocenters. The molecule has 1 unspecified atom stereocenters. The van der Waals surface area contributed by atoms with Gasteiger partial charge < -0.3 is 14.2 Å². The minimum Gasteiger partial charge on any atom is -0.495 e. The Morgan fingerprint density at radius 1 is 0.349 bits per heavy atom. The van der Waals surface area contributed by atoms with E-state index < -0.39 is 6.10 Å². The van der Waals surface area contributed by atoms with Crippen molar-refractivity contribution >= 4 is 11.9 Å². The van der Waals surface area contributed by atoms with Crippen molar-refractivity contribution in [2.75, 3.05) is 13.2 Å². The predicted octanol–water partition coefficient (Wildman–Crippen LogP) is 19.1. The van der Waals surface area contributed by atoms with Crippen LogP contribution >= 0.6 is 0 Å². The number of hydrogen-bond acceptors (Lipinski definition) is 5. The molecule has 0 heterocycles. The molecule has 0 spiro atoms. The molecule has 5 nitrogen and oxygen atoms in total. The minimum atomic E-state index is -0.621. The molecule has 0 aliphatic rings. The first-order chi connectivity index (χ1) is 31.0. The number of carbonyl (C=O) groups is 2. The summed E-state index contributed by atoms with van der Waals surface area (Å²) < 4.78 is 17.5. The third-order valence-electron chi connectivity index (χ3n) is 12.2. The molecule has 0 fully saturated rings. The summed E-state index contributed by atoms with van der Waals surface area (Å²) in [5, 5.41) is 0. The zero-order valence-corrected chi connectivity index (χ0v) is 42.4. The second-order valence-corrected chi connectivity index (χ2v) is 18.6. The van der Waals surface area contributed by atoms with Gasteiger partial charge in [-0.2, -0.15) is 0 Å². The van der Waals surface area contributed by atoms with E-state index in [1.54, 1.807) is 0 Å². The number of carbonyl (C=O) groups excluding carboxylic acids is 2. The van der Waals surface area contributed by atoms with E-state index in [9.17, 15) is 9.59 Å². The highest BCUT2D eigenvalue weighted by Crippen LogP contribution is 2.16. The third kappa shape index (κ3) is 50.6. The number of unbranched alkanes of at least 4 members (excludes halogenated alkanes) is 33. The Labute approximate surface area is 392 Å². The van der Waals surface area contributed by atoms with Crippen LogP contribution in [0.25, 0.3) is 0 Å². The van der Waals surface area contributed by atoms with Crippen LogP contribution < -0.4 is 0 Å². The lowest BCUT2D eigenvalue weighted by molar-refractivity contribution is -0.162. The van der Waals surface area contributed by atoms with Crippen molar-refractivity contribution in [3.05, 3.63) is 48.8 Å². The third-order valence-corrected chi connectivity index (χ3v) is 12.2. The van der Waals surface area contributed by atoms with Gasteiger partial charge in [-0.3, -0.25) is 9.59 Å². The summed E-state index contributed by atoms with van der Waals surface area (Å²) in [5.74, 6) is 0.251. The Hall–Kier alpha value is -2.30. The second kappa shape index (κ2) is 52.3. The van der Waals surface area contributed by atoms with Crippen LogP contribution in [-0.2, 0) is 23.8 Å². The smallest absolute Gasteiger partial charge is 0.306 e. The van der Waals surface area contributed by atoms with Crippen molar-refractivity contribution in [3.8, 4) is 0 Å². The molecular weight excluding hydrogens is 777 g/mol. The Balaban J connectivity index is 4.39. The van der Waals surface area contributed by atoms with Gasteiger partial charge in [0.1, 0.15) is 13.2 Å². The monoisotopic (exact) mass is 883 g/mol. The van der Waals surface area contributed by atoms with E-state index in [1.807, 2.05) is 0 Å². The quantitative estimate of drug-likeness (QED) is 0.0264. The summed E-state index contributed by atoms with van der Waals surface area (Å²) in [6.07, 6.45) is 63.4. The van der Waals surface area contributed by atoms with Gasteiger partial charge in [0, 0.05) is 19.3 Å². The van der Waals surface area contributed by atoms with Gasteiger partial charge in [0.15, 0.2) is 6.10 Å². The fraction of sp³-hybridized carbons (Fsp3) is 0.828. The minimum absolute atomic E-state index is 0.0305. The van der Waals surface area contributed by atoms with Crippen LogP contribution in [0.1, 0.15) is 290 Å². The first kappa shape index (κ1) is 60.7. The first-order valence-corrected chi connectivity index (χ1v) is 27.6. The molecule has 0 saturated carbocycles. The number of rotatable bonds is 51. The van der Waals surface area contributed by atoms with E-state index >= 15 is 0 Å². The van der Waals surface area contributed by atoms with E-state index in [1.165, 1.54) is 186 Å². The van der Waals surface area contributed by atoms with Gasteiger partial charge in [-0.05, 0) is 96.3 Å². The normalized spacial score (nSPS) is 12.2.